The summed E-state index contributed by atoms with van der Waals surface area (Å²) in [6.07, 6.45) is 3.61. The van der Waals surface area contributed by atoms with Gasteiger partial charge in [0.2, 0.25) is 0 Å². The molecule has 1 aromatic rings. The summed E-state index contributed by atoms with van der Waals surface area (Å²) < 4.78 is 0. The Morgan fingerprint density at radius 3 is 2.73 bits per heavy atom. The lowest BCUT2D eigenvalue weighted by molar-refractivity contribution is 0.669. The van der Waals surface area contributed by atoms with E-state index >= 15 is 0 Å². The van der Waals surface area contributed by atoms with Crippen LogP contribution in [0.1, 0.15) is 32.3 Å². The smallest absolute Gasteiger partial charge is 0.150 e. The Balaban J connectivity index is 2.91. The maximum Gasteiger partial charge on any atom is 0.150 e. The molecule has 0 amide bonds. The maximum absolute atomic E-state index is 8.81. The van der Waals surface area contributed by atoms with Crippen molar-refractivity contribution in [2.24, 2.45) is 0 Å². The molecule has 1 heterocycles. The molecule has 0 radical (unpaired) electrons. The number of rotatable bonds is 4. The first-order chi connectivity index (χ1) is 7.22. The zero-order valence-electron chi connectivity index (χ0n) is 9.12. The van der Waals surface area contributed by atoms with Crippen LogP contribution in [-0.2, 0) is 0 Å². The van der Waals surface area contributed by atoms with Gasteiger partial charge in [-0.15, -0.1) is 0 Å². The molecule has 0 bridgehead atoms. The summed E-state index contributed by atoms with van der Waals surface area (Å²) >= 11 is 0. The Hall–Kier alpha value is -1.76. The van der Waals surface area contributed by atoms with Gasteiger partial charge in [-0.1, -0.05) is 13.8 Å². The zero-order valence-corrected chi connectivity index (χ0v) is 9.12. The number of pyridine rings is 1. The van der Waals surface area contributed by atoms with Crippen LogP contribution in [0.4, 0.5) is 11.5 Å². The van der Waals surface area contributed by atoms with Crippen LogP contribution in [0.3, 0.4) is 0 Å². The van der Waals surface area contributed by atoms with Gasteiger partial charge in [0.15, 0.2) is 5.82 Å². The van der Waals surface area contributed by atoms with Gasteiger partial charge in [-0.25, -0.2) is 4.98 Å². The third-order valence-corrected chi connectivity index (χ3v) is 2.44. The number of hydrogen-bond acceptors (Lipinski definition) is 4. The molecule has 0 saturated heterocycles. The van der Waals surface area contributed by atoms with E-state index < -0.39 is 0 Å². The Kier molecular flexibility index (Phi) is 3.92. The molecule has 0 unspecified atom stereocenters. The van der Waals surface area contributed by atoms with Crippen LogP contribution in [0.2, 0.25) is 0 Å². The van der Waals surface area contributed by atoms with Crippen molar-refractivity contribution in [2.75, 3.05) is 11.1 Å². The molecular weight excluding hydrogens is 188 g/mol. The topological polar surface area (TPSA) is 74.7 Å². The van der Waals surface area contributed by atoms with Gasteiger partial charge in [0.25, 0.3) is 0 Å². The molecular formula is C11H16N4. The van der Waals surface area contributed by atoms with Crippen molar-refractivity contribution in [3.8, 4) is 6.07 Å². The Morgan fingerprint density at radius 2 is 2.20 bits per heavy atom. The van der Waals surface area contributed by atoms with Crippen LogP contribution in [0.15, 0.2) is 12.3 Å². The van der Waals surface area contributed by atoms with Gasteiger partial charge in [-0.3, -0.25) is 0 Å². The number of nitrogens with two attached hydrogens (primary N) is 1. The highest BCUT2D eigenvalue weighted by atomic mass is 15.0. The third kappa shape index (κ3) is 2.59. The molecule has 1 rings (SSSR count). The van der Waals surface area contributed by atoms with Crippen LogP contribution < -0.4 is 11.1 Å². The van der Waals surface area contributed by atoms with Gasteiger partial charge in [-0.2, -0.15) is 5.26 Å². The van der Waals surface area contributed by atoms with Crippen molar-refractivity contribution in [1.29, 1.82) is 5.26 Å². The number of nitriles is 1. The van der Waals surface area contributed by atoms with Crippen molar-refractivity contribution in [3.63, 3.8) is 0 Å². The highest BCUT2D eigenvalue weighted by Crippen LogP contribution is 2.20. The van der Waals surface area contributed by atoms with Crippen LogP contribution in [-0.4, -0.2) is 11.0 Å². The Morgan fingerprint density at radius 1 is 1.53 bits per heavy atom. The monoisotopic (exact) mass is 204 g/mol. The fraction of sp³-hybridized carbons (Fsp3) is 0.455. The minimum atomic E-state index is 0.355. The number of nitrogens with zero attached hydrogens (tertiary/aromatic N) is 2. The quantitative estimate of drug-likeness (QED) is 0.787. The lowest BCUT2D eigenvalue weighted by Crippen LogP contribution is -2.19. The van der Waals surface area contributed by atoms with Crippen LogP contribution >= 0.6 is 0 Å². The van der Waals surface area contributed by atoms with Crippen LogP contribution in [0.5, 0.6) is 0 Å². The number of nitrogens with one attached hydrogen (secondary N) is 1. The SMILES string of the molecule is CCC(CC)Nc1nccc(C#N)c1N. The average molecular weight is 204 g/mol. The van der Waals surface area contributed by atoms with Crippen molar-refractivity contribution in [3.05, 3.63) is 17.8 Å². The minimum Gasteiger partial charge on any atom is -0.395 e. The van der Waals surface area contributed by atoms with E-state index in [4.69, 9.17) is 11.0 Å². The molecule has 4 nitrogen and oxygen atoms in total. The highest BCUT2D eigenvalue weighted by Gasteiger charge is 2.09. The number of hydrogen-bond donors (Lipinski definition) is 2. The summed E-state index contributed by atoms with van der Waals surface area (Å²) in [5.41, 5.74) is 6.71. The largest absolute Gasteiger partial charge is 0.395 e. The molecule has 0 aliphatic heterocycles. The van der Waals surface area contributed by atoms with Gasteiger partial charge in [0, 0.05) is 12.2 Å². The molecule has 0 aliphatic carbocycles. The second-order valence-corrected chi connectivity index (χ2v) is 3.39. The lowest BCUT2D eigenvalue weighted by atomic mass is 10.1. The van der Waals surface area contributed by atoms with Gasteiger partial charge in [0.05, 0.1) is 11.3 Å². The molecule has 4 heteroatoms. The van der Waals surface area contributed by atoms with E-state index in [-0.39, 0.29) is 0 Å². The second-order valence-electron chi connectivity index (χ2n) is 3.39. The molecule has 3 N–H and O–H groups in total. The molecule has 1 aromatic heterocycles. The second kappa shape index (κ2) is 5.20. The van der Waals surface area contributed by atoms with Crippen LogP contribution in [0, 0.1) is 11.3 Å². The summed E-state index contributed by atoms with van der Waals surface area (Å²) in [5, 5.41) is 12.0. The first-order valence-corrected chi connectivity index (χ1v) is 5.14. The first-order valence-electron chi connectivity index (χ1n) is 5.14. The van der Waals surface area contributed by atoms with Crippen molar-refractivity contribution in [1.82, 2.24) is 4.98 Å². The Labute approximate surface area is 90.1 Å². The maximum atomic E-state index is 8.81. The predicted molar refractivity (Wildman–Crippen MR) is 61.4 cm³/mol. The third-order valence-electron chi connectivity index (χ3n) is 2.44. The molecule has 0 fully saturated rings. The normalized spacial score (nSPS) is 10.0. The zero-order chi connectivity index (χ0) is 11.3. The fourth-order valence-corrected chi connectivity index (χ4v) is 1.37. The summed E-state index contributed by atoms with van der Waals surface area (Å²) in [5.74, 6) is 0.614. The van der Waals surface area contributed by atoms with E-state index in [0.29, 0.717) is 23.1 Å². The number of aromatic nitrogens is 1. The predicted octanol–water partition coefficient (Wildman–Crippen LogP) is 2.14. The van der Waals surface area contributed by atoms with E-state index in [1.54, 1.807) is 12.3 Å². The average Bonchev–Trinajstić information content (AvgIpc) is 2.28. The minimum absolute atomic E-state index is 0.355. The number of nitrogen functional groups attached to an aromatic ring is 1. The van der Waals surface area contributed by atoms with Crippen molar-refractivity contribution < 1.29 is 0 Å². The molecule has 15 heavy (non-hydrogen) atoms. The molecule has 80 valence electrons. The van der Waals surface area contributed by atoms with Gasteiger partial charge in [0.1, 0.15) is 6.07 Å². The summed E-state index contributed by atoms with van der Waals surface area (Å²) in [4.78, 5) is 4.14. The Bertz CT molecular complexity index is 363. The highest BCUT2D eigenvalue weighted by molar-refractivity contribution is 5.69. The first kappa shape index (κ1) is 11.3. The van der Waals surface area contributed by atoms with Gasteiger partial charge >= 0.3 is 0 Å². The fourth-order valence-electron chi connectivity index (χ4n) is 1.37. The summed E-state index contributed by atoms with van der Waals surface area (Å²) in [7, 11) is 0. The molecule has 0 atom stereocenters. The number of anilines is 2. The van der Waals surface area contributed by atoms with Crippen molar-refractivity contribution in [2.45, 2.75) is 32.7 Å². The molecule has 0 spiro atoms. The van der Waals surface area contributed by atoms with E-state index in [1.807, 2.05) is 6.07 Å². The molecule has 0 aliphatic rings. The van der Waals surface area contributed by atoms with E-state index in [2.05, 4.69) is 24.1 Å². The lowest BCUT2D eigenvalue weighted by Gasteiger charge is -2.16. The summed E-state index contributed by atoms with van der Waals surface area (Å²) in [6.45, 7) is 4.21. The van der Waals surface area contributed by atoms with E-state index in [9.17, 15) is 0 Å². The van der Waals surface area contributed by atoms with E-state index in [1.165, 1.54) is 0 Å². The molecule has 0 aromatic carbocycles. The summed E-state index contributed by atoms with van der Waals surface area (Å²) in [6, 6.07) is 4.01. The van der Waals surface area contributed by atoms with Crippen LogP contribution in [0.25, 0.3) is 0 Å². The standard InChI is InChI=1S/C11H16N4/c1-3-9(4-2)15-11-10(13)8(7-12)5-6-14-11/h5-6,9H,3-4,13H2,1-2H3,(H,14,15). The van der Waals surface area contributed by atoms with Crippen molar-refractivity contribution >= 4 is 11.5 Å². The van der Waals surface area contributed by atoms with E-state index in [0.717, 1.165) is 12.8 Å². The molecule has 0 saturated carbocycles. The van der Waals surface area contributed by atoms with Gasteiger partial charge in [-0.05, 0) is 18.9 Å². The van der Waals surface area contributed by atoms with Gasteiger partial charge < -0.3 is 11.1 Å².